The summed E-state index contributed by atoms with van der Waals surface area (Å²) < 4.78 is 1.04. The van der Waals surface area contributed by atoms with Crippen molar-refractivity contribution in [2.45, 2.75) is 54.8 Å². The number of nitriles is 1. The van der Waals surface area contributed by atoms with Crippen LogP contribution >= 0.6 is 27.7 Å². The van der Waals surface area contributed by atoms with E-state index < -0.39 is 0 Å². The van der Waals surface area contributed by atoms with Crippen molar-refractivity contribution < 1.29 is 0 Å². The summed E-state index contributed by atoms with van der Waals surface area (Å²) in [5.74, 6) is 0. The van der Waals surface area contributed by atoms with Gasteiger partial charge < -0.3 is 0 Å². The molecule has 1 aliphatic carbocycles. The average Bonchev–Trinajstić information content (AvgIpc) is 2.48. The molecule has 1 fully saturated rings. The number of hydrogen-bond donors (Lipinski definition) is 1. The molecule has 20 heavy (non-hydrogen) atoms. The van der Waals surface area contributed by atoms with E-state index in [1.807, 2.05) is 18.3 Å². The number of aromatic nitrogens is 1. The van der Waals surface area contributed by atoms with Crippen molar-refractivity contribution in [3.05, 3.63) is 22.8 Å². The monoisotopic (exact) mass is 353 g/mol. The predicted molar refractivity (Wildman–Crippen MR) is 86.7 cm³/mol. The molecule has 0 bridgehead atoms. The van der Waals surface area contributed by atoms with Gasteiger partial charge in [0, 0.05) is 15.9 Å². The third kappa shape index (κ3) is 3.97. The fourth-order valence-electron chi connectivity index (χ4n) is 2.61. The molecule has 1 heterocycles. The highest BCUT2D eigenvalue weighted by atomic mass is 79.9. The van der Waals surface area contributed by atoms with Crippen LogP contribution in [0.25, 0.3) is 0 Å². The van der Waals surface area contributed by atoms with Crippen LogP contribution in [0.5, 0.6) is 0 Å². The van der Waals surface area contributed by atoms with E-state index in [2.05, 4.69) is 39.2 Å². The summed E-state index contributed by atoms with van der Waals surface area (Å²) in [6.45, 7) is 3.05. The van der Waals surface area contributed by atoms with E-state index in [0.717, 1.165) is 48.1 Å². The van der Waals surface area contributed by atoms with Gasteiger partial charge in [0.05, 0.1) is 6.07 Å². The number of nitrogens with one attached hydrogen (secondary N) is 1. The molecular formula is C15H20BrN3S. The van der Waals surface area contributed by atoms with Crippen LogP contribution in [0.4, 0.5) is 0 Å². The lowest BCUT2D eigenvalue weighted by molar-refractivity contribution is 0.304. The first-order valence-electron chi connectivity index (χ1n) is 7.12. The normalized spacial score (nSPS) is 26.1. The molecule has 5 heteroatoms. The highest BCUT2D eigenvalue weighted by Crippen LogP contribution is 2.39. The minimum Gasteiger partial charge on any atom is -0.299 e. The summed E-state index contributed by atoms with van der Waals surface area (Å²) in [7, 11) is 0. The molecule has 1 aromatic heterocycles. The van der Waals surface area contributed by atoms with Crippen LogP contribution in [0.15, 0.2) is 27.8 Å². The molecular weight excluding hydrogens is 334 g/mol. The van der Waals surface area contributed by atoms with Gasteiger partial charge in [0.1, 0.15) is 10.6 Å². The van der Waals surface area contributed by atoms with Gasteiger partial charge in [-0.1, -0.05) is 6.92 Å². The van der Waals surface area contributed by atoms with E-state index in [-0.39, 0.29) is 5.54 Å². The fourth-order valence-corrected chi connectivity index (χ4v) is 4.41. The summed E-state index contributed by atoms with van der Waals surface area (Å²) in [6.07, 6.45) is 7.01. The first-order chi connectivity index (χ1) is 9.69. The Morgan fingerprint density at radius 1 is 1.65 bits per heavy atom. The summed E-state index contributed by atoms with van der Waals surface area (Å²) in [6, 6.07) is 6.47. The Bertz CT molecular complexity index is 488. The molecule has 2 rings (SSSR count). The van der Waals surface area contributed by atoms with Crippen molar-refractivity contribution in [3.8, 4) is 6.07 Å². The summed E-state index contributed by atoms with van der Waals surface area (Å²) >= 11 is 5.34. The van der Waals surface area contributed by atoms with Gasteiger partial charge in [0.25, 0.3) is 0 Å². The van der Waals surface area contributed by atoms with Crippen LogP contribution < -0.4 is 5.32 Å². The van der Waals surface area contributed by atoms with Crippen molar-refractivity contribution >= 4 is 27.7 Å². The van der Waals surface area contributed by atoms with Crippen molar-refractivity contribution in [2.75, 3.05) is 6.54 Å². The lowest BCUT2D eigenvalue weighted by Crippen LogP contribution is -2.48. The quantitative estimate of drug-likeness (QED) is 0.863. The number of halogens is 1. The van der Waals surface area contributed by atoms with Gasteiger partial charge in [0.15, 0.2) is 0 Å². The second-order valence-corrected chi connectivity index (χ2v) is 7.39. The number of rotatable bonds is 5. The van der Waals surface area contributed by atoms with Crippen LogP contribution in [0, 0.1) is 11.3 Å². The summed E-state index contributed by atoms with van der Waals surface area (Å²) in [5, 5.41) is 14.5. The minimum absolute atomic E-state index is 0.340. The number of pyridine rings is 1. The van der Waals surface area contributed by atoms with Crippen molar-refractivity contribution in [3.63, 3.8) is 0 Å². The topological polar surface area (TPSA) is 48.7 Å². The Labute approximate surface area is 133 Å². The standard InChI is InChI=1S/C15H20BrN3S/c1-2-8-19-15(11-17)7-3-5-12(10-15)20-14-13(16)6-4-9-18-14/h4,6,9,12,19H,2-3,5,7-8,10H2,1H3. The zero-order valence-corrected chi connectivity index (χ0v) is 14.1. The average molecular weight is 354 g/mol. The Morgan fingerprint density at radius 3 is 3.20 bits per heavy atom. The lowest BCUT2D eigenvalue weighted by Gasteiger charge is -2.36. The van der Waals surface area contributed by atoms with Crippen molar-refractivity contribution in [1.82, 2.24) is 10.3 Å². The fraction of sp³-hybridized carbons (Fsp3) is 0.600. The molecule has 2 unspecified atom stereocenters. The molecule has 0 amide bonds. The van der Waals surface area contributed by atoms with Crippen LogP contribution in [0.2, 0.25) is 0 Å². The molecule has 1 aliphatic rings. The van der Waals surface area contributed by atoms with Crippen LogP contribution in [0.1, 0.15) is 39.0 Å². The highest BCUT2D eigenvalue weighted by Gasteiger charge is 2.36. The second kappa shape index (κ2) is 7.44. The van der Waals surface area contributed by atoms with Gasteiger partial charge in [-0.25, -0.2) is 4.98 Å². The molecule has 2 atom stereocenters. The van der Waals surface area contributed by atoms with Crippen LogP contribution in [0.3, 0.4) is 0 Å². The second-order valence-electron chi connectivity index (χ2n) is 5.25. The van der Waals surface area contributed by atoms with Crippen molar-refractivity contribution in [2.24, 2.45) is 0 Å². The lowest BCUT2D eigenvalue weighted by atomic mass is 9.82. The maximum atomic E-state index is 9.56. The maximum Gasteiger partial charge on any atom is 0.110 e. The summed E-state index contributed by atoms with van der Waals surface area (Å²) in [5.41, 5.74) is -0.340. The molecule has 0 spiro atoms. The Morgan fingerprint density at radius 2 is 2.50 bits per heavy atom. The van der Waals surface area contributed by atoms with E-state index in [4.69, 9.17) is 0 Å². The van der Waals surface area contributed by atoms with Crippen molar-refractivity contribution in [1.29, 1.82) is 5.26 Å². The molecule has 1 aromatic rings. The first-order valence-corrected chi connectivity index (χ1v) is 8.80. The van der Waals surface area contributed by atoms with Crippen LogP contribution in [-0.4, -0.2) is 22.3 Å². The molecule has 0 radical (unpaired) electrons. The number of thioether (sulfide) groups is 1. The largest absolute Gasteiger partial charge is 0.299 e. The minimum atomic E-state index is -0.340. The number of hydrogen-bond acceptors (Lipinski definition) is 4. The first kappa shape index (κ1) is 15.8. The van der Waals surface area contributed by atoms with Gasteiger partial charge in [-0.3, -0.25) is 5.32 Å². The third-order valence-electron chi connectivity index (χ3n) is 3.64. The zero-order valence-electron chi connectivity index (χ0n) is 11.7. The third-order valence-corrected chi connectivity index (χ3v) is 5.82. The molecule has 3 nitrogen and oxygen atoms in total. The van der Waals surface area contributed by atoms with E-state index >= 15 is 0 Å². The van der Waals surface area contributed by atoms with Gasteiger partial charge in [-0.2, -0.15) is 5.26 Å². The zero-order chi connectivity index (χ0) is 14.4. The smallest absolute Gasteiger partial charge is 0.110 e. The SMILES string of the molecule is CCCNC1(C#N)CCCC(Sc2ncccc2Br)C1. The molecule has 1 saturated carbocycles. The maximum absolute atomic E-state index is 9.56. The van der Waals surface area contributed by atoms with E-state index in [0.29, 0.717) is 5.25 Å². The molecule has 1 N–H and O–H groups in total. The van der Waals surface area contributed by atoms with Gasteiger partial charge in [-0.15, -0.1) is 11.8 Å². The van der Waals surface area contributed by atoms with Gasteiger partial charge in [0.2, 0.25) is 0 Å². The van der Waals surface area contributed by atoms with E-state index in [1.165, 1.54) is 0 Å². The Kier molecular flexibility index (Phi) is 5.88. The van der Waals surface area contributed by atoms with Gasteiger partial charge >= 0.3 is 0 Å². The number of nitrogens with zero attached hydrogens (tertiary/aromatic N) is 2. The van der Waals surface area contributed by atoms with E-state index in [1.54, 1.807) is 11.8 Å². The van der Waals surface area contributed by atoms with E-state index in [9.17, 15) is 5.26 Å². The van der Waals surface area contributed by atoms with Gasteiger partial charge in [-0.05, 0) is 66.7 Å². The molecule has 0 aromatic carbocycles. The van der Waals surface area contributed by atoms with Crippen LogP contribution in [-0.2, 0) is 0 Å². The summed E-state index contributed by atoms with van der Waals surface area (Å²) in [4.78, 5) is 4.42. The Hall–Kier alpha value is -0.570. The highest BCUT2D eigenvalue weighted by molar-refractivity contribution is 9.10. The molecule has 0 aliphatic heterocycles. The molecule has 108 valence electrons. The Balaban J connectivity index is 2.03. The molecule has 0 saturated heterocycles. The predicted octanol–water partition coefficient (Wildman–Crippen LogP) is 4.14.